The van der Waals surface area contributed by atoms with Crippen LogP contribution in [0.25, 0.3) is 0 Å². The normalized spacial score (nSPS) is 11.7. The molecule has 0 bridgehead atoms. The maximum atomic E-state index is 11.7. The first-order valence-electron chi connectivity index (χ1n) is 6.40. The van der Waals surface area contributed by atoms with E-state index in [4.69, 9.17) is 0 Å². The van der Waals surface area contributed by atoms with Crippen molar-refractivity contribution < 1.29 is 9.59 Å². The third kappa shape index (κ3) is 5.52. The predicted octanol–water partition coefficient (Wildman–Crippen LogP) is 1.32. The molecule has 104 valence electrons. The molecule has 3 amide bonds. The molecule has 0 radical (unpaired) electrons. The molecule has 19 heavy (non-hydrogen) atoms. The zero-order chi connectivity index (χ0) is 14.3. The second kappa shape index (κ2) is 7.53. The van der Waals surface area contributed by atoms with E-state index in [9.17, 15) is 9.59 Å². The number of carbonyl (C=O) groups is 2. The largest absolute Gasteiger partial charge is 0.338 e. The summed E-state index contributed by atoms with van der Waals surface area (Å²) in [5, 5.41) is 7.86. The van der Waals surface area contributed by atoms with Crippen molar-refractivity contribution in [2.24, 2.45) is 0 Å². The number of urea groups is 1. The lowest BCUT2D eigenvalue weighted by Gasteiger charge is -2.13. The Hall–Kier alpha value is -1.88. The number of aryl methyl sites for hydroxylation is 1. The fourth-order valence-electron chi connectivity index (χ4n) is 1.49. The molecule has 0 heterocycles. The van der Waals surface area contributed by atoms with Crippen molar-refractivity contribution in [2.45, 2.75) is 33.4 Å². The number of benzene rings is 1. The van der Waals surface area contributed by atoms with Gasteiger partial charge in [0.15, 0.2) is 0 Å². The van der Waals surface area contributed by atoms with Gasteiger partial charge in [-0.1, -0.05) is 29.8 Å². The Kier molecular flexibility index (Phi) is 6.02. The van der Waals surface area contributed by atoms with Crippen LogP contribution in [0.5, 0.6) is 0 Å². The molecule has 0 aliphatic carbocycles. The smallest absolute Gasteiger partial charge is 0.321 e. The van der Waals surface area contributed by atoms with Crippen LogP contribution in [0.2, 0.25) is 0 Å². The Morgan fingerprint density at radius 1 is 1.21 bits per heavy atom. The number of carbonyl (C=O) groups excluding carboxylic acids is 2. The highest BCUT2D eigenvalue weighted by atomic mass is 16.2. The van der Waals surface area contributed by atoms with E-state index in [2.05, 4.69) is 16.0 Å². The fourth-order valence-corrected chi connectivity index (χ4v) is 1.49. The molecule has 1 aromatic rings. The third-order valence-corrected chi connectivity index (χ3v) is 2.70. The molecule has 1 atom stereocenters. The highest BCUT2D eigenvalue weighted by Gasteiger charge is 2.14. The molecule has 0 aliphatic heterocycles. The summed E-state index contributed by atoms with van der Waals surface area (Å²) in [7, 11) is 0. The van der Waals surface area contributed by atoms with Crippen LogP contribution in [0.4, 0.5) is 4.79 Å². The quantitative estimate of drug-likeness (QED) is 0.750. The summed E-state index contributed by atoms with van der Waals surface area (Å²) < 4.78 is 0. The Labute approximate surface area is 113 Å². The lowest BCUT2D eigenvalue weighted by molar-refractivity contribution is -0.121. The van der Waals surface area contributed by atoms with Crippen molar-refractivity contribution in [1.82, 2.24) is 16.0 Å². The standard InChI is InChI=1S/C14H21N3O2/c1-4-15-14(19)17-13(18)11(3)16-9-12-7-5-10(2)6-8-12/h5-8,11,16H,4,9H2,1-3H3,(H2,15,17,18,19). The van der Waals surface area contributed by atoms with Gasteiger partial charge >= 0.3 is 6.03 Å². The van der Waals surface area contributed by atoms with Gasteiger partial charge in [-0.05, 0) is 26.3 Å². The van der Waals surface area contributed by atoms with Crippen molar-refractivity contribution in [3.63, 3.8) is 0 Å². The average Bonchev–Trinajstić information content (AvgIpc) is 2.37. The van der Waals surface area contributed by atoms with Gasteiger partial charge in [-0.3, -0.25) is 10.1 Å². The number of rotatable bonds is 5. The van der Waals surface area contributed by atoms with Crippen molar-refractivity contribution >= 4 is 11.9 Å². The van der Waals surface area contributed by atoms with Crippen LogP contribution in [-0.2, 0) is 11.3 Å². The van der Waals surface area contributed by atoms with Crippen LogP contribution >= 0.6 is 0 Å². The first-order valence-corrected chi connectivity index (χ1v) is 6.40. The monoisotopic (exact) mass is 263 g/mol. The molecule has 1 rings (SSSR count). The zero-order valence-corrected chi connectivity index (χ0v) is 11.6. The SMILES string of the molecule is CCNC(=O)NC(=O)C(C)NCc1ccc(C)cc1. The number of hydrogen-bond acceptors (Lipinski definition) is 3. The van der Waals surface area contributed by atoms with Crippen molar-refractivity contribution in [1.29, 1.82) is 0 Å². The Morgan fingerprint density at radius 3 is 2.42 bits per heavy atom. The summed E-state index contributed by atoms with van der Waals surface area (Å²) in [6, 6.07) is 7.18. The molecule has 0 aliphatic rings. The summed E-state index contributed by atoms with van der Waals surface area (Å²) in [6.07, 6.45) is 0. The molecule has 5 nitrogen and oxygen atoms in total. The minimum atomic E-state index is -0.462. The van der Waals surface area contributed by atoms with Gasteiger partial charge in [0.2, 0.25) is 5.91 Å². The maximum absolute atomic E-state index is 11.7. The van der Waals surface area contributed by atoms with Crippen molar-refractivity contribution in [2.75, 3.05) is 6.54 Å². The highest BCUT2D eigenvalue weighted by Crippen LogP contribution is 2.02. The van der Waals surface area contributed by atoms with Crippen LogP contribution in [-0.4, -0.2) is 24.5 Å². The predicted molar refractivity (Wildman–Crippen MR) is 74.7 cm³/mol. The third-order valence-electron chi connectivity index (χ3n) is 2.70. The summed E-state index contributed by atoms with van der Waals surface area (Å²) in [6.45, 7) is 6.63. The lowest BCUT2D eigenvalue weighted by Crippen LogP contribution is -2.47. The van der Waals surface area contributed by atoms with E-state index < -0.39 is 12.1 Å². The number of nitrogens with one attached hydrogen (secondary N) is 3. The van der Waals surface area contributed by atoms with Gasteiger partial charge in [0, 0.05) is 13.1 Å². The van der Waals surface area contributed by atoms with E-state index >= 15 is 0 Å². The van der Waals surface area contributed by atoms with Gasteiger partial charge in [-0.15, -0.1) is 0 Å². The van der Waals surface area contributed by atoms with Crippen molar-refractivity contribution in [3.05, 3.63) is 35.4 Å². The minimum Gasteiger partial charge on any atom is -0.338 e. The fraction of sp³-hybridized carbons (Fsp3) is 0.429. The molecule has 5 heteroatoms. The molecular formula is C14H21N3O2. The number of imide groups is 1. The molecule has 0 saturated carbocycles. The van der Waals surface area contributed by atoms with Crippen LogP contribution in [0.3, 0.4) is 0 Å². The minimum absolute atomic E-state index is 0.335. The number of amides is 3. The Balaban J connectivity index is 2.38. The van der Waals surface area contributed by atoms with Gasteiger partial charge in [-0.25, -0.2) is 4.79 Å². The summed E-state index contributed by atoms with van der Waals surface area (Å²) in [5.41, 5.74) is 2.30. The molecular weight excluding hydrogens is 242 g/mol. The van der Waals surface area contributed by atoms with E-state index in [0.29, 0.717) is 13.1 Å². The van der Waals surface area contributed by atoms with E-state index in [1.54, 1.807) is 13.8 Å². The first-order chi connectivity index (χ1) is 9.02. The second-order valence-electron chi connectivity index (χ2n) is 4.44. The van der Waals surface area contributed by atoms with Gasteiger partial charge in [-0.2, -0.15) is 0 Å². The van der Waals surface area contributed by atoms with Crippen molar-refractivity contribution in [3.8, 4) is 0 Å². The molecule has 3 N–H and O–H groups in total. The molecule has 1 unspecified atom stereocenters. The Morgan fingerprint density at radius 2 is 1.84 bits per heavy atom. The summed E-state index contributed by atoms with van der Waals surface area (Å²) in [4.78, 5) is 22.9. The van der Waals surface area contributed by atoms with Crippen LogP contribution in [0, 0.1) is 6.92 Å². The van der Waals surface area contributed by atoms with E-state index in [1.807, 2.05) is 31.2 Å². The van der Waals surface area contributed by atoms with E-state index in [1.165, 1.54) is 5.56 Å². The summed E-state index contributed by atoms with van der Waals surface area (Å²) in [5.74, 6) is -0.335. The van der Waals surface area contributed by atoms with Crippen LogP contribution in [0.1, 0.15) is 25.0 Å². The van der Waals surface area contributed by atoms with Crippen LogP contribution in [0.15, 0.2) is 24.3 Å². The van der Waals surface area contributed by atoms with Gasteiger partial charge < -0.3 is 10.6 Å². The molecule has 0 aromatic heterocycles. The molecule has 0 spiro atoms. The molecule has 0 fully saturated rings. The van der Waals surface area contributed by atoms with E-state index in [0.717, 1.165) is 5.56 Å². The molecule has 1 aromatic carbocycles. The second-order valence-corrected chi connectivity index (χ2v) is 4.44. The van der Waals surface area contributed by atoms with Gasteiger partial charge in [0.05, 0.1) is 6.04 Å². The molecule has 0 saturated heterocycles. The maximum Gasteiger partial charge on any atom is 0.321 e. The lowest BCUT2D eigenvalue weighted by atomic mass is 10.1. The Bertz CT molecular complexity index is 429. The average molecular weight is 263 g/mol. The van der Waals surface area contributed by atoms with E-state index in [-0.39, 0.29) is 5.91 Å². The topological polar surface area (TPSA) is 70.2 Å². The van der Waals surface area contributed by atoms with Gasteiger partial charge in [0.25, 0.3) is 0 Å². The number of hydrogen-bond donors (Lipinski definition) is 3. The summed E-state index contributed by atoms with van der Waals surface area (Å²) >= 11 is 0. The van der Waals surface area contributed by atoms with Crippen LogP contribution < -0.4 is 16.0 Å². The highest BCUT2D eigenvalue weighted by molar-refractivity contribution is 5.96. The first kappa shape index (κ1) is 15.2. The van der Waals surface area contributed by atoms with Gasteiger partial charge in [0.1, 0.15) is 0 Å². The zero-order valence-electron chi connectivity index (χ0n) is 11.6.